The summed E-state index contributed by atoms with van der Waals surface area (Å²) in [6.07, 6.45) is 1.18. The maximum atomic E-state index is 11.7. The molecule has 0 aromatic carbocycles. The monoisotopic (exact) mass is 252 g/mol. The fraction of sp³-hybridized carbons (Fsp3) is 0.667. The van der Waals surface area contributed by atoms with Crippen LogP contribution < -0.4 is 10.6 Å². The van der Waals surface area contributed by atoms with E-state index in [9.17, 15) is 4.79 Å². The molecule has 1 aliphatic heterocycles. The van der Waals surface area contributed by atoms with Gasteiger partial charge >= 0.3 is 6.09 Å². The molecule has 0 aliphatic carbocycles. The minimum atomic E-state index is -0.501. The number of nitrogens with zero attached hydrogens (tertiary/aromatic N) is 2. The van der Waals surface area contributed by atoms with Crippen LogP contribution in [0, 0.1) is 5.92 Å². The van der Waals surface area contributed by atoms with E-state index in [0.29, 0.717) is 11.6 Å². The number of ether oxygens (including phenoxy) is 1. The van der Waals surface area contributed by atoms with Gasteiger partial charge in [-0.3, -0.25) is 5.32 Å². The molecule has 18 heavy (non-hydrogen) atoms. The van der Waals surface area contributed by atoms with Crippen LogP contribution in [0.2, 0.25) is 0 Å². The Morgan fingerprint density at radius 3 is 3.00 bits per heavy atom. The Morgan fingerprint density at radius 1 is 1.61 bits per heavy atom. The molecule has 1 aromatic rings. The first-order chi connectivity index (χ1) is 8.35. The summed E-state index contributed by atoms with van der Waals surface area (Å²) < 4.78 is 7.07. The van der Waals surface area contributed by atoms with Gasteiger partial charge in [-0.2, -0.15) is 5.10 Å². The van der Waals surface area contributed by atoms with Crippen molar-refractivity contribution in [2.45, 2.75) is 39.8 Å². The molecular formula is C12H20N4O2. The zero-order chi connectivity index (χ0) is 13.3. The average molecular weight is 252 g/mol. The van der Waals surface area contributed by atoms with Crippen LogP contribution >= 0.6 is 0 Å². The van der Waals surface area contributed by atoms with Crippen molar-refractivity contribution in [3.05, 3.63) is 6.20 Å². The summed E-state index contributed by atoms with van der Waals surface area (Å²) in [6.45, 7) is 9.39. The molecule has 100 valence electrons. The molecule has 6 nitrogen and oxygen atoms in total. The molecule has 2 N–H and O–H groups in total. The lowest BCUT2D eigenvalue weighted by Crippen LogP contribution is -2.29. The van der Waals surface area contributed by atoms with Gasteiger partial charge < -0.3 is 10.1 Å². The van der Waals surface area contributed by atoms with E-state index < -0.39 is 11.7 Å². The highest BCUT2D eigenvalue weighted by Gasteiger charge is 2.22. The van der Waals surface area contributed by atoms with Gasteiger partial charge in [-0.05, 0) is 26.7 Å². The van der Waals surface area contributed by atoms with E-state index in [0.717, 1.165) is 18.9 Å². The Kier molecular flexibility index (Phi) is 3.19. The zero-order valence-electron chi connectivity index (χ0n) is 11.3. The van der Waals surface area contributed by atoms with Gasteiger partial charge in [0.15, 0.2) is 0 Å². The number of rotatable bonds is 1. The number of carbonyl (C=O) groups excluding carboxylic acids is 1. The van der Waals surface area contributed by atoms with E-state index in [4.69, 9.17) is 4.74 Å². The largest absolute Gasteiger partial charge is 0.444 e. The molecule has 1 aliphatic rings. The third-order valence-corrected chi connectivity index (χ3v) is 2.58. The smallest absolute Gasteiger partial charge is 0.412 e. The van der Waals surface area contributed by atoms with Gasteiger partial charge in [0.1, 0.15) is 17.1 Å². The first-order valence-electron chi connectivity index (χ1n) is 6.15. The highest BCUT2D eigenvalue weighted by atomic mass is 16.6. The number of hydrogen-bond donors (Lipinski definition) is 2. The number of hydrogen-bond acceptors (Lipinski definition) is 4. The van der Waals surface area contributed by atoms with Gasteiger partial charge in [0.05, 0.1) is 6.20 Å². The van der Waals surface area contributed by atoms with Crippen molar-refractivity contribution in [3.63, 3.8) is 0 Å². The quantitative estimate of drug-likeness (QED) is 0.804. The number of carbonyl (C=O) groups is 1. The number of aromatic nitrogens is 2. The summed E-state index contributed by atoms with van der Waals surface area (Å²) in [5.41, 5.74) is 0.162. The van der Waals surface area contributed by atoms with Crippen molar-refractivity contribution in [2.75, 3.05) is 17.2 Å². The predicted molar refractivity (Wildman–Crippen MR) is 69.7 cm³/mol. The van der Waals surface area contributed by atoms with Gasteiger partial charge in [0.2, 0.25) is 0 Å². The maximum absolute atomic E-state index is 11.7. The highest BCUT2D eigenvalue weighted by Crippen LogP contribution is 2.26. The van der Waals surface area contributed by atoms with E-state index in [-0.39, 0.29) is 0 Å². The molecule has 1 amide bonds. The number of anilines is 2. The van der Waals surface area contributed by atoms with E-state index in [1.807, 2.05) is 25.5 Å². The first-order valence-corrected chi connectivity index (χ1v) is 6.15. The third kappa shape index (κ3) is 2.94. The van der Waals surface area contributed by atoms with Crippen LogP contribution in [0.15, 0.2) is 6.20 Å². The van der Waals surface area contributed by atoms with Crippen LogP contribution in [0.1, 0.15) is 27.7 Å². The molecule has 1 unspecified atom stereocenters. The summed E-state index contributed by atoms with van der Waals surface area (Å²) in [7, 11) is 0. The minimum absolute atomic E-state index is 0.460. The topological polar surface area (TPSA) is 68.2 Å². The SMILES string of the molecule is CC1CNc2c(NC(=O)OC(C)(C)C)cnn2C1. The lowest BCUT2D eigenvalue weighted by Gasteiger charge is -2.23. The van der Waals surface area contributed by atoms with Gasteiger partial charge in [-0.1, -0.05) is 6.92 Å². The molecule has 0 fully saturated rings. The lowest BCUT2D eigenvalue weighted by molar-refractivity contribution is 0.0636. The Bertz CT molecular complexity index is 447. The molecule has 6 heteroatoms. The molecule has 2 rings (SSSR count). The normalized spacial score (nSPS) is 18.8. The predicted octanol–water partition coefficient (Wildman–Crippen LogP) is 2.29. The minimum Gasteiger partial charge on any atom is -0.444 e. The third-order valence-electron chi connectivity index (χ3n) is 2.58. The first kappa shape index (κ1) is 12.7. The van der Waals surface area contributed by atoms with Crippen LogP contribution in [-0.4, -0.2) is 28.0 Å². The van der Waals surface area contributed by atoms with Crippen molar-refractivity contribution < 1.29 is 9.53 Å². The fourth-order valence-corrected chi connectivity index (χ4v) is 1.85. The molecule has 1 atom stereocenters. The van der Waals surface area contributed by atoms with Crippen molar-refractivity contribution in [2.24, 2.45) is 5.92 Å². The van der Waals surface area contributed by atoms with Crippen LogP contribution in [0.25, 0.3) is 0 Å². The summed E-state index contributed by atoms with van der Waals surface area (Å²) in [5, 5.41) is 10.2. The Balaban J connectivity index is 2.05. The molecule has 0 bridgehead atoms. The van der Waals surface area contributed by atoms with E-state index in [2.05, 4.69) is 22.7 Å². The van der Waals surface area contributed by atoms with Crippen LogP contribution in [0.3, 0.4) is 0 Å². The number of amides is 1. The van der Waals surface area contributed by atoms with Crippen LogP contribution in [-0.2, 0) is 11.3 Å². The number of nitrogens with one attached hydrogen (secondary N) is 2. The number of fused-ring (bicyclic) bond motifs is 1. The van der Waals surface area contributed by atoms with Gasteiger partial charge in [-0.25, -0.2) is 9.48 Å². The van der Waals surface area contributed by atoms with Crippen molar-refractivity contribution in [1.82, 2.24) is 9.78 Å². The zero-order valence-corrected chi connectivity index (χ0v) is 11.3. The second kappa shape index (κ2) is 4.51. The average Bonchev–Trinajstić information content (AvgIpc) is 2.57. The second-order valence-electron chi connectivity index (χ2n) is 5.70. The molecule has 0 spiro atoms. The van der Waals surface area contributed by atoms with Gasteiger partial charge in [-0.15, -0.1) is 0 Å². The summed E-state index contributed by atoms with van der Waals surface area (Å²) in [4.78, 5) is 11.7. The van der Waals surface area contributed by atoms with E-state index in [1.165, 1.54) is 0 Å². The second-order valence-corrected chi connectivity index (χ2v) is 5.70. The summed E-state index contributed by atoms with van der Waals surface area (Å²) in [5.74, 6) is 1.38. The van der Waals surface area contributed by atoms with E-state index >= 15 is 0 Å². The van der Waals surface area contributed by atoms with Crippen molar-refractivity contribution in [3.8, 4) is 0 Å². The molecule has 2 heterocycles. The van der Waals surface area contributed by atoms with Gasteiger partial charge in [0.25, 0.3) is 0 Å². The van der Waals surface area contributed by atoms with Crippen molar-refractivity contribution in [1.29, 1.82) is 0 Å². The molecule has 0 saturated carbocycles. The molecule has 0 saturated heterocycles. The van der Waals surface area contributed by atoms with Gasteiger partial charge in [0, 0.05) is 13.1 Å². The van der Waals surface area contributed by atoms with E-state index in [1.54, 1.807) is 6.20 Å². The fourth-order valence-electron chi connectivity index (χ4n) is 1.85. The van der Waals surface area contributed by atoms with Crippen LogP contribution in [0.4, 0.5) is 16.3 Å². The van der Waals surface area contributed by atoms with Crippen LogP contribution in [0.5, 0.6) is 0 Å². The maximum Gasteiger partial charge on any atom is 0.412 e. The Hall–Kier alpha value is -1.72. The molecule has 0 radical (unpaired) electrons. The molecular weight excluding hydrogens is 232 g/mol. The lowest BCUT2D eigenvalue weighted by atomic mass is 10.1. The summed E-state index contributed by atoms with van der Waals surface area (Å²) >= 11 is 0. The van der Waals surface area contributed by atoms with Crippen molar-refractivity contribution >= 4 is 17.6 Å². The highest BCUT2D eigenvalue weighted by molar-refractivity contribution is 5.88. The Morgan fingerprint density at radius 2 is 2.33 bits per heavy atom. The molecule has 1 aromatic heterocycles. The standard InChI is InChI=1S/C12H20N4O2/c1-8-5-13-10-9(6-14-16(10)7-8)15-11(17)18-12(2,3)4/h6,8,13H,5,7H2,1-4H3,(H,15,17). The summed E-state index contributed by atoms with van der Waals surface area (Å²) in [6, 6.07) is 0. The Labute approximate surface area is 107 Å².